The molecule has 0 fully saturated rings. The molecule has 3 aromatic carbocycles. The smallest absolute Gasteiger partial charge is 0.337 e. The molecule has 0 aliphatic carbocycles. The minimum atomic E-state index is -1.09. The van der Waals surface area contributed by atoms with Gasteiger partial charge >= 0.3 is 5.97 Å². The van der Waals surface area contributed by atoms with Crippen LogP contribution in [0.25, 0.3) is 11.3 Å². The fourth-order valence-electron chi connectivity index (χ4n) is 3.37. The minimum Gasteiger partial charge on any atom is -0.488 e. The average molecular weight is 448 g/mol. The summed E-state index contributed by atoms with van der Waals surface area (Å²) in [5.74, 6) is -0.910. The van der Waals surface area contributed by atoms with E-state index >= 15 is 0 Å². The molecule has 0 unspecified atom stereocenters. The van der Waals surface area contributed by atoms with Crippen LogP contribution in [-0.2, 0) is 13.0 Å². The lowest BCUT2D eigenvalue weighted by Crippen LogP contribution is -2.07. The van der Waals surface area contributed by atoms with Crippen molar-refractivity contribution in [2.75, 3.05) is 0 Å². The fourth-order valence-corrected chi connectivity index (χ4v) is 3.60. The average Bonchev–Trinajstić information content (AvgIpc) is 2.80. The number of aromatic carboxylic acids is 1. The normalized spacial score (nSPS) is 10.7. The molecule has 1 heterocycles. The molecule has 0 saturated carbocycles. The Bertz CT molecular complexity index is 1260. The maximum absolute atomic E-state index is 13.4. The van der Waals surface area contributed by atoms with Gasteiger partial charge in [0.2, 0.25) is 0 Å². The summed E-state index contributed by atoms with van der Waals surface area (Å²) in [7, 11) is 0. The molecule has 160 valence electrons. The quantitative estimate of drug-likeness (QED) is 0.355. The first-order valence-electron chi connectivity index (χ1n) is 9.94. The highest BCUT2D eigenvalue weighted by atomic mass is 35.5. The van der Waals surface area contributed by atoms with Crippen LogP contribution in [0.1, 0.15) is 27.2 Å². The van der Waals surface area contributed by atoms with E-state index < -0.39 is 11.8 Å². The molecule has 0 saturated heterocycles. The number of benzene rings is 3. The van der Waals surface area contributed by atoms with Gasteiger partial charge in [0, 0.05) is 17.0 Å². The van der Waals surface area contributed by atoms with Gasteiger partial charge in [0.1, 0.15) is 18.2 Å². The van der Waals surface area contributed by atoms with Crippen LogP contribution in [0.4, 0.5) is 4.39 Å². The summed E-state index contributed by atoms with van der Waals surface area (Å²) in [6, 6.07) is 24.5. The summed E-state index contributed by atoms with van der Waals surface area (Å²) in [4.78, 5) is 16.4. The molecular weight excluding hydrogens is 429 g/mol. The molecule has 4 rings (SSSR count). The van der Waals surface area contributed by atoms with Crippen LogP contribution < -0.4 is 4.74 Å². The van der Waals surface area contributed by atoms with E-state index in [-0.39, 0.29) is 17.0 Å². The zero-order valence-corrected chi connectivity index (χ0v) is 17.7. The first-order valence-corrected chi connectivity index (χ1v) is 10.3. The van der Waals surface area contributed by atoms with Crippen molar-refractivity contribution in [2.24, 2.45) is 0 Å². The topological polar surface area (TPSA) is 59.4 Å². The molecular formula is C26H19ClFNO3. The van der Waals surface area contributed by atoms with E-state index in [1.807, 2.05) is 54.6 Å². The van der Waals surface area contributed by atoms with E-state index in [1.165, 1.54) is 24.3 Å². The number of aromatic nitrogens is 1. The van der Waals surface area contributed by atoms with Crippen LogP contribution in [0.15, 0.2) is 84.9 Å². The van der Waals surface area contributed by atoms with Crippen molar-refractivity contribution in [3.63, 3.8) is 0 Å². The van der Waals surface area contributed by atoms with Gasteiger partial charge in [-0.1, -0.05) is 60.1 Å². The van der Waals surface area contributed by atoms with Gasteiger partial charge in [-0.2, -0.15) is 0 Å². The minimum absolute atomic E-state index is 0.0665. The first-order chi connectivity index (χ1) is 15.5. The Morgan fingerprint density at radius 3 is 2.47 bits per heavy atom. The van der Waals surface area contributed by atoms with Gasteiger partial charge in [0.15, 0.2) is 0 Å². The number of halogens is 2. The number of ether oxygens (including phenoxy) is 1. The molecule has 0 radical (unpaired) electrons. The van der Waals surface area contributed by atoms with Crippen LogP contribution in [0.3, 0.4) is 0 Å². The molecule has 1 aromatic heterocycles. The van der Waals surface area contributed by atoms with Crippen LogP contribution in [-0.4, -0.2) is 16.1 Å². The Morgan fingerprint density at radius 1 is 0.969 bits per heavy atom. The maximum Gasteiger partial charge on any atom is 0.337 e. The van der Waals surface area contributed by atoms with Gasteiger partial charge in [-0.15, -0.1) is 0 Å². The summed E-state index contributed by atoms with van der Waals surface area (Å²) in [6.07, 6.45) is 0.154. The van der Waals surface area contributed by atoms with Crippen molar-refractivity contribution in [3.8, 4) is 17.0 Å². The first kappa shape index (κ1) is 21.5. The molecule has 1 N–H and O–H groups in total. The molecule has 4 nitrogen and oxygen atoms in total. The molecule has 6 heteroatoms. The second-order valence-electron chi connectivity index (χ2n) is 7.18. The lowest BCUT2D eigenvalue weighted by Gasteiger charge is -2.14. The van der Waals surface area contributed by atoms with Crippen LogP contribution in [0, 0.1) is 5.82 Å². The molecule has 0 aliphatic rings. The summed E-state index contributed by atoms with van der Waals surface area (Å²) in [5.41, 5.74) is 3.34. The van der Waals surface area contributed by atoms with E-state index in [0.717, 1.165) is 11.1 Å². The number of hydrogen-bond donors (Lipinski definition) is 1. The number of hydrogen-bond acceptors (Lipinski definition) is 3. The number of pyridine rings is 1. The van der Waals surface area contributed by atoms with Crippen molar-refractivity contribution >= 4 is 17.6 Å². The van der Waals surface area contributed by atoms with E-state index in [4.69, 9.17) is 16.3 Å². The van der Waals surface area contributed by atoms with Crippen LogP contribution in [0.2, 0.25) is 5.02 Å². The molecule has 0 aliphatic heterocycles. The molecule has 4 aromatic rings. The second kappa shape index (κ2) is 9.62. The Kier molecular flexibility index (Phi) is 6.47. The third-order valence-corrected chi connectivity index (χ3v) is 5.33. The Labute approximate surface area is 189 Å². The van der Waals surface area contributed by atoms with E-state index in [9.17, 15) is 14.3 Å². The van der Waals surface area contributed by atoms with Gasteiger partial charge in [-0.3, -0.25) is 4.98 Å². The monoisotopic (exact) mass is 447 g/mol. The zero-order chi connectivity index (χ0) is 22.5. The number of nitrogens with zero attached hydrogens (tertiary/aromatic N) is 1. The standard InChI is InChI=1S/C26H19ClFNO3/c27-22-15-19(28)11-10-18(22)14-24-21(26(30)31)12-13-23(29-24)20-8-4-5-9-25(20)32-16-17-6-2-1-3-7-17/h1-13,15H,14,16H2,(H,30,31). The largest absolute Gasteiger partial charge is 0.488 e. The number of carboxylic acids is 1. The van der Waals surface area contributed by atoms with Gasteiger partial charge in [-0.05, 0) is 47.5 Å². The maximum atomic E-state index is 13.4. The van der Waals surface area contributed by atoms with Crippen molar-refractivity contribution < 1.29 is 19.0 Å². The van der Waals surface area contributed by atoms with E-state index in [0.29, 0.717) is 29.3 Å². The lowest BCUT2D eigenvalue weighted by atomic mass is 10.0. The number of carbonyl (C=O) groups is 1. The highest BCUT2D eigenvalue weighted by Gasteiger charge is 2.17. The fraction of sp³-hybridized carbons (Fsp3) is 0.0769. The van der Waals surface area contributed by atoms with Crippen molar-refractivity contribution in [2.45, 2.75) is 13.0 Å². The summed E-state index contributed by atoms with van der Waals surface area (Å²) in [5, 5.41) is 9.85. The Morgan fingerprint density at radius 2 is 1.72 bits per heavy atom. The molecule has 32 heavy (non-hydrogen) atoms. The number of para-hydroxylation sites is 1. The summed E-state index contributed by atoms with van der Waals surface area (Å²) >= 11 is 6.16. The third-order valence-electron chi connectivity index (χ3n) is 4.98. The summed E-state index contributed by atoms with van der Waals surface area (Å²) in [6.45, 7) is 0.392. The third kappa shape index (κ3) is 4.95. The van der Waals surface area contributed by atoms with Crippen molar-refractivity contribution in [1.82, 2.24) is 4.98 Å². The number of carboxylic acid groups (broad SMARTS) is 1. The van der Waals surface area contributed by atoms with Gasteiger partial charge in [0.25, 0.3) is 0 Å². The van der Waals surface area contributed by atoms with Gasteiger partial charge < -0.3 is 9.84 Å². The second-order valence-corrected chi connectivity index (χ2v) is 7.59. The Hall–Kier alpha value is -3.70. The van der Waals surface area contributed by atoms with E-state index in [2.05, 4.69) is 4.98 Å². The Balaban J connectivity index is 1.69. The predicted octanol–water partition coefficient (Wildman–Crippen LogP) is 6.41. The van der Waals surface area contributed by atoms with Crippen molar-refractivity contribution in [1.29, 1.82) is 0 Å². The SMILES string of the molecule is O=C(O)c1ccc(-c2ccccc2OCc2ccccc2)nc1Cc1ccc(F)cc1Cl. The predicted molar refractivity (Wildman–Crippen MR) is 122 cm³/mol. The molecule has 0 amide bonds. The molecule has 0 spiro atoms. The van der Waals surface area contributed by atoms with Crippen molar-refractivity contribution in [3.05, 3.63) is 118 Å². The van der Waals surface area contributed by atoms with Crippen LogP contribution in [0.5, 0.6) is 5.75 Å². The number of rotatable bonds is 7. The lowest BCUT2D eigenvalue weighted by molar-refractivity contribution is 0.0695. The zero-order valence-electron chi connectivity index (χ0n) is 17.0. The molecule has 0 atom stereocenters. The highest BCUT2D eigenvalue weighted by molar-refractivity contribution is 6.31. The van der Waals surface area contributed by atoms with E-state index in [1.54, 1.807) is 6.07 Å². The van der Waals surface area contributed by atoms with Gasteiger partial charge in [0.05, 0.1) is 17.0 Å². The summed E-state index contributed by atoms with van der Waals surface area (Å²) < 4.78 is 19.4. The highest BCUT2D eigenvalue weighted by Crippen LogP contribution is 2.31. The van der Waals surface area contributed by atoms with Gasteiger partial charge in [-0.25, -0.2) is 9.18 Å². The molecule has 0 bridgehead atoms. The van der Waals surface area contributed by atoms with Crippen LogP contribution >= 0.6 is 11.6 Å².